The van der Waals surface area contributed by atoms with E-state index in [9.17, 15) is 18.0 Å². The predicted molar refractivity (Wildman–Crippen MR) is 67.9 cm³/mol. The lowest BCUT2D eigenvalue weighted by atomic mass is 9.98. The van der Waals surface area contributed by atoms with Crippen molar-refractivity contribution in [1.82, 2.24) is 5.32 Å². The van der Waals surface area contributed by atoms with Crippen molar-refractivity contribution in [3.8, 4) is 0 Å². The molecule has 0 radical (unpaired) electrons. The summed E-state index contributed by atoms with van der Waals surface area (Å²) in [5, 5.41) is 2.98. The average Bonchev–Trinajstić information content (AvgIpc) is 2.33. The van der Waals surface area contributed by atoms with E-state index in [1.54, 1.807) is 6.07 Å². The Balaban J connectivity index is 2.93. The molecule has 1 aromatic carbocycles. The van der Waals surface area contributed by atoms with Gasteiger partial charge in [-0.15, -0.1) is 0 Å². The molecule has 1 atom stereocenters. The second-order valence-corrected chi connectivity index (χ2v) is 4.48. The third-order valence-electron chi connectivity index (χ3n) is 2.88. The van der Waals surface area contributed by atoms with E-state index < -0.39 is 17.8 Å². The Kier molecular flexibility index (Phi) is 5.54. The molecular formula is C14H18F3NO. The molecule has 0 saturated carbocycles. The molecule has 0 aliphatic heterocycles. The molecular weight excluding hydrogens is 255 g/mol. The van der Waals surface area contributed by atoms with E-state index in [0.29, 0.717) is 6.54 Å². The number of rotatable bonds is 6. The van der Waals surface area contributed by atoms with E-state index in [4.69, 9.17) is 0 Å². The van der Waals surface area contributed by atoms with Crippen LogP contribution in [0, 0.1) is 0 Å². The Hall–Kier alpha value is -1.36. The van der Waals surface area contributed by atoms with Crippen molar-refractivity contribution in [3.63, 3.8) is 0 Å². The van der Waals surface area contributed by atoms with Gasteiger partial charge < -0.3 is 5.32 Å². The molecule has 2 nitrogen and oxygen atoms in total. The molecule has 0 aromatic heterocycles. The first-order chi connectivity index (χ1) is 8.86. The van der Waals surface area contributed by atoms with Crippen molar-refractivity contribution in [2.45, 2.75) is 38.9 Å². The number of carbonyl (C=O) groups excluding carboxylic acids is 1. The average molecular weight is 273 g/mol. The highest BCUT2D eigenvalue weighted by molar-refractivity contribution is 5.81. The summed E-state index contributed by atoms with van der Waals surface area (Å²) in [6, 6.07) is 4.82. The first-order valence-electron chi connectivity index (χ1n) is 6.25. The van der Waals surface area contributed by atoms with Crippen LogP contribution >= 0.6 is 0 Å². The standard InChI is InChI=1S/C14H18F3NO/c1-3-8-18-13(10(2)19)9-11-6-4-5-7-12(11)14(15,16)17/h4-7,13,18H,3,8-9H2,1-2H3/t13-/m0/s1. The quantitative estimate of drug-likeness (QED) is 0.862. The summed E-state index contributed by atoms with van der Waals surface area (Å²) in [4.78, 5) is 11.5. The van der Waals surface area contributed by atoms with Crippen LogP contribution in [0.1, 0.15) is 31.4 Å². The molecule has 1 rings (SSSR count). The summed E-state index contributed by atoms with van der Waals surface area (Å²) >= 11 is 0. The van der Waals surface area contributed by atoms with Crippen molar-refractivity contribution in [2.75, 3.05) is 6.54 Å². The number of hydrogen-bond donors (Lipinski definition) is 1. The number of benzene rings is 1. The van der Waals surface area contributed by atoms with Crippen LogP contribution in [0.3, 0.4) is 0 Å². The number of alkyl halides is 3. The molecule has 106 valence electrons. The summed E-state index contributed by atoms with van der Waals surface area (Å²) in [6.07, 6.45) is -3.50. The third kappa shape index (κ3) is 4.67. The molecule has 1 N–H and O–H groups in total. The van der Waals surface area contributed by atoms with E-state index in [-0.39, 0.29) is 17.8 Å². The fraction of sp³-hybridized carbons (Fsp3) is 0.500. The zero-order valence-corrected chi connectivity index (χ0v) is 11.1. The van der Waals surface area contributed by atoms with E-state index in [0.717, 1.165) is 12.5 Å². The first kappa shape index (κ1) is 15.7. The van der Waals surface area contributed by atoms with Crippen LogP contribution in [-0.2, 0) is 17.4 Å². The normalized spacial score (nSPS) is 13.3. The maximum Gasteiger partial charge on any atom is 0.416 e. The smallest absolute Gasteiger partial charge is 0.307 e. The fourth-order valence-electron chi connectivity index (χ4n) is 1.87. The molecule has 0 aliphatic rings. The highest BCUT2D eigenvalue weighted by atomic mass is 19.4. The molecule has 19 heavy (non-hydrogen) atoms. The molecule has 1 aromatic rings. The maximum atomic E-state index is 12.8. The largest absolute Gasteiger partial charge is 0.416 e. The highest BCUT2D eigenvalue weighted by Gasteiger charge is 2.33. The van der Waals surface area contributed by atoms with Crippen molar-refractivity contribution >= 4 is 5.78 Å². The second kappa shape index (κ2) is 6.70. The van der Waals surface area contributed by atoms with Gasteiger partial charge in [-0.05, 0) is 37.9 Å². The lowest BCUT2D eigenvalue weighted by molar-refractivity contribution is -0.138. The van der Waals surface area contributed by atoms with Gasteiger partial charge in [-0.2, -0.15) is 13.2 Å². The molecule has 0 bridgehead atoms. The zero-order valence-electron chi connectivity index (χ0n) is 11.1. The molecule has 0 spiro atoms. The monoisotopic (exact) mass is 273 g/mol. The lowest BCUT2D eigenvalue weighted by Crippen LogP contribution is -2.38. The van der Waals surface area contributed by atoms with E-state index in [1.807, 2.05) is 6.92 Å². The molecule has 0 fully saturated rings. The molecule has 0 heterocycles. The summed E-state index contributed by atoms with van der Waals surface area (Å²) in [5.74, 6) is -0.148. The molecule has 5 heteroatoms. The number of Topliss-reactive ketones (excluding diaryl/α,β-unsaturated/α-hetero) is 1. The number of halogens is 3. The summed E-state index contributed by atoms with van der Waals surface area (Å²) < 4.78 is 38.5. The Labute approximate surface area is 111 Å². The summed E-state index contributed by atoms with van der Waals surface area (Å²) in [6.45, 7) is 3.94. The van der Waals surface area contributed by atoms with Gasteiger partial charge in [0, 0.05) is 0 Å². The Morgan fingerprint density at radius 3 is 2.47 bits per heavy atom. The second-order valence-electron chi connectivity index (χ2n) is 4.48. The van der Waals surface area contributed by atoms with Gasteiger partial charge in [-0.3, -0.25) is 4.79 Å². The minimum atomic E-state index is -4.39. The van der Waals surface area contributed by atoms with E-state index in [1.165, 1.54) is 19.1 Å². The third-order valence-corrected chi connectivity index (χ3v) is 2.88. The van der Waals surface area contributed by atoms with Crippen LogP contribution in [0.2, 0.25) is 0 Å². The number of hydrogen-bond acceptors (Lipinski definition) is 2. The van der Waals surface area contributed by atoms with E-state index >= 15 is 0 Å². The van der Waals surface area contributed by atoms with Crippen LogP contribution < -0.4 is 5.32 Å². The van der Waals surface area contributed by atoms with Crippen LogP contribution in [0.15, 0.2) is 24.3 Å². The minimum absolute atomic E-state index is 0.0605. The van der Waals surface area contributed by atoms with E-state index in [2.05, 4.69) is 5.32 Å². The minimum Gasteiger partial charge on any atom is -0.307 e. The van der Waals surface area contributed by atoms with Crippen molar-refractivity contribution in [1.29, 1.82) is 0 Å². The molecule has 0 aliphatic carbocycles. The summed E-state index contributed by atoms with van der Waals surface area (Å²) in [7, 11) is 0. The summed E-state index contributed by atoms with van der Waals surface area (Å²) in [5.41, 5.74) is -0.515. The van der Waals surface area contributed by atoms with Crippen molar-refractivity contribution in [2.24, 2.45) is 0 Å². The Bertz CT molecular complexity index is 429. The number of carbonyl (C=O) groups is 1. The molecule has 0 unspecified atom stereocenters. The van der Waals surface area contributed by atoms with Gasteiger partial charge in [0.2, 0.25) is 0 Å². The van der Waals surface area contributed by atoms with Gasteiger partial charge in [0.1, 0.15) is 5.78 Å². The Morgan fingerprint density at radius 2 is 1.95 bits per heavy atom. The SMILES string of the molecule is CCCN[C@@H](Cc1ccccc1C(F)(F)F)C(C)=O. The maximum absolute atomic E-state index is 12.8. The highest BCUT2D eigenvalue weighted by Crippen LogP contribution is 2.32. The van der Waals surface area contributed by atoms with Gasteiger partial charge in [-0.25, -0.2) is 0 Å². The Morgan fingerprint density at radius 1 is 1.32 bits per heavy atom. The van der Waals surface area contributed by atoms with Crippen LogP contribution in [0.5, 0.6) is 0 Å². The topological polar surface area (TPSA) is 29.1 Å². The first-order valence-corrected chi connectivity index (χ1v) is 6.25. The van der Waals surface area contributed by atoms with Gasteiger partial charge in [0.05, 0.1) is 11.6 Å². The molecule has 0 saturated heterocycles. The molecule has 0 amide bonds. The van der Waals surface area contributed by atoms with Crippen molar-refractivity contribution < 1.29 is 18.0 Å². The van der Waals surface area contributed by atoms with Gasteiger partial charge >= 0.3 is 6.18 Å². The number of ketones is 1. The fourth-order valence-corrected chi connectivity index (χ4v) is 1.87. The lowest BCUT2D eigenvalue weighted by Gasteiger charge is -2.18. The van der Waals surface area contributed by atoms with Crippen molar-refractivity contribution in [3.05, 3.63) is 35.4 Å². The number of nitrogens with one attached hydrogen (secondary N) is 1. The van der Waals surface area contributed by atoms with Crippen LogP contribution in [-0.4, -0.2) is 18.4 Å². The van der Waals surface area contributed by atoms with Gasteiger partial charge in [0.15, 0.2) is 0 Å². The predicted octanol–water partition coefficient (Wildman–Crippen LogP) is 3.21. The van der Waals surface area contributed by atoms with Crippen LogP contribution in [0.25, 0.3) is 0 Å². The van der Waals surface area contributed by atoms with Gasteiger partial charge in [0.25, 0.3) is 0 Å². The van der Waals surface area contributed by atoms with Gasteiger partial charge in [-0.1, -0.05) is 25.1 Å². The zero-order chi connectivity index (χ0) is 14.5. The van der Waals surface area contributed by atoms with Crippen LogP contribution in [0.4, 0.5) is 13.2 Å².